The fourth-order valence-electron chi connectivity index (χ4n) is 2.91. The van der Waals surface area contributed by atoms with Gasteiger partial charge < -0.3 is 13.5 Å². The van der Waals surface area contributed by atoms with Crippen LogP contribution in [0.15, 0.2) is 31.9 Å². The number of hydrogen-bond donors (Lipinski definition) is 0. The maximum Gasteiger partial charge on any atom is 0.293 e. The summed E-state index contributed by atoms with van der Waals surface area (Å²) in [6, 6.07) is 3.69. The quantitative estimate of drug-likeness (QED) is 0.704. The number of aromatic nitrogens is 4. The minimum absolute atomic E-state index is 0.107. The second kappa shape index (κ2) is 6.20. The fourth-order valence-corrected chi connectivity index (χ4v) is 2.91. The minimum Gasteiger partial charge on any atom is -0.459 e. The second-order valence-electron chi connectivity index (χ2n) is 6.27. The molecule has 4 rings (SSSR count). The van der Waals surface area contributed by atoms with Crippen LogP contribution in [0.2, 0.25) is 0 Å². The monoisotopic (exact) mass is 329 g/mol. The van der Waals surface area contributed by atoms with Gasteiger partial charge in [-0.3, -0.25) is 4.90 Å². The van der Waals surface area contributed by atoms with Crippen molar-refractivity contribution in [3.05, 3.63) is 35.9 Å². The number of nitrogens with zero attached hydrogens (tertiary/aromatic N) is 5. The van der Waals surface area contributed by atoms with Gasteiger partial charge in [-0.05, 0) is 31.5 Å². The van der Waals surface area contributed by atoms with Gasteiger partial charge in [0.15, 0.2) is 17.4 Å². The molecule has 0 spiro atoms. The van der Waals surface area contributed by atoms with E-state index < -0.39 is 0 Å². The Morgan fingerprint density at radius 3 is 2.92 bits per heavy atom. The van der Waals surface area contributed by atoms with Gasteiger partial charge in [0.25, 0.3) is 5.89 Å². The molecule has 0 radical (unpaired) electrons. The molecule has 1 saturated heterocycles. The van der Waals surface area contributed by atoms with Gasteiger partial charge in [0.1, 0.15) is 0 Å². The standard InChI is InChI=1S/C16H19N5O3/c1-10(2)14-18-15(23-20-14)11-5-3-7-21(11)9-13-17-16(24-19-13)12-6-4-8-22-12/h4,6,8,10-11H,3,5,7,9H2,1-2H3. The molecule has 0 saturated carbocycles. The maximum atomic E-state index is 5.46. The van der Waals surface area contributed by atoms with E-state index in [4.69, 9.17) is 13.5 Å². The van der Waals surface area contributed by atoms with Crippen LogP contribution < -0.4 is 0 Å². The first-order chi connectivity index (χ1) is 11.7. The van der Waals surface area contributed by atoms with E-state index >= 15 is 0 Å². The average Bonchev–Trinajstić information content (AvgIpc) is 3.35. The smallest absolute Gasteiger partial charge is 0.293 e. The van der Waals surface area contributed by atoms with Crippen molar-refractivity contribution in [1.29, 1.82) is 0 Å². The number of hydrogen-bond acceptors (Lipinski definition) is 8. The van der Waals surface area contributed by atoms with Crippen molar-refractivity contribution in [2.24, 2.45) is 0 Å². The highest BCUT2D eigenvalue weighted by Gasteiger charge is 2.32. The van der Waals surface area contributed by atoms with Crippen LogP contribution in [-0.2, 0) is 6.54 Å². The van der Waals surface area contributed by atoms with Crippen LogP contribution in [0.5, 0.6) is 0 Å². The molecule has 8 nitrogen and oxygen atoms in total. The summed E-state index contributed by atoms with van der Waals surface area (Å²) in [6.07, 6.45) is 3.65. The van der Waals surface area contributed by atoms with Crippen molar-refractivity contribution in [3.8, 4) is 11.7 Å². The third kappa shape index (κ3) is 2.84. The molecule has 24 heavy (non-hydrogen) atoms. The van der Waals surface area contributed by atoms with Gasteiger partial charge in [-0.2, -0.15) is 9.97 Å². The lowest BCUT2D eigenvalue weighted by Gasteiger charge is -2.19. The van der Waals surface area contributed by atoms with Crippen molar-refractivity contribution in [3.63, 3.8) is 0 Å². The van der Waals surface area contributed by atoms with Gasteiger partial charge in [0.2, 0.25) is 5.89 Å². The topological polar surface area (TPSA) is 94.2 Å². The molecule has 1 aliphatic heterocycles. The highest BCUT2D eigenvalue weighted by molar-refractivity contribution is 5.42. The van der Waals surface area contributed by atoms with Crippen LogP contribution >= 0.6 is 0 Å². The van der Waals surface area contributed by atoms with Gasteiger partial charge >= 0.3 is 0 Å². The Hall–Kier alpha value is -2.48. The van der Waals surface area contributed by atoms with Crippen LogP contribution in [0, 0.1) is 0 Å². The van der Waals surface area contributed by atoms with Gasteiger partial charge in [-0.25, -0.2) is 0 Å². The molecule has 4 heterocycles. The van der Waals surface area contributed by atoms with Gasteiger partial charge in [0.05, 0.1) is 18.8 Å². The number of rotatable bonds is 5. The zero-order valence-corrected chi connectivity index (χ0v) is 13.7. The molecular formula is C16H19N5O3. The Labute approximate surface area is 138 Å². The third-order valence-corrected chi connectivity index (χ3v) is 4.17. The Kier molecular flexibility index (Phi) is 3.89. The summed E-state index contributed by atoms with van der Waals surface area (Å²) in [5.74, 6) is 3.26. The second-order valence-corrected chi connectivity index (χ2v) is 6.27. The summed E-state index contributed by atoms with van der Waals surface area (Å²) < 4.78 is 16.0. The summed E-state index contributed by atoms with van der Waals surface area (Å²) in [5, 5.41) is 8.11. The van der Waals surface area contributed by atoms with Crippen molar-refractivity contribution in [2.75, 3.05) is 6.54 Å². The summed E-state index contributed by atoms with van der Waals surface area (Å²) in [5.41, 5.74) is 0. The van der Waals surface area contributed by atoms with E-state index in [0.29, 0.717) is 29.9 Å². The molecule has 8 heteroatoms. The molecule has 1 unspecified atom stereocenters. The highest BCUT2D eigenvalue weighted by atomic mass is 16.5. The molecule has 1 atom stereocenters. The first-order valence-corrected chi connectivity index (χ1v) is 8.14. The van der Waals surface area contributed by atoms with E-state index in [0.717, 1.165) is 25.2 Å². The molecule has 1 fully saturated rings. The van der Waals surface area contributed by atoms with E-state index in [1.54, 1.807) is 18.4 Å². The summed E-state index contributed by atoms with van der Waals surface area (Å²) in [6.45, 7) is 5.62. The Balaban J connectivity index is 1.49. The fraction of sp³-hybridized carbons (Fsp3) is 0.500. The van der Waals surface area contributed by atoms with Crippen LogP contribution in [0.25, 0.3) is 11.7 Å². The third-order valence-electron chi connectivity index (χ3n) is 4.17. The van der Waals surface area contributed by atoms with Gasteiger partial charge in [-0.15, -0.1) is 0 Å². The van der Waals surface area contributed by atoms with Gasteiger partial charge in [-0.1, -0.05) is 24.2 Å². The Bertz CT molecular complexity index is 792. The van der Waals surface area contributed by atoms with Crippen molar-refractivity contribution >= 4 is 0 Å². The molecule has 1 aliphatic rings. The lowest BCUT2D eigenvalue weighted by atomic mass is 10.2. The SMILES string of the molecule is CC(C)c1noc(C2CCCN2Cc2noc(-c3ccco3)n2)n1. The van der Waals surface area contributed by atoms with E-state index in [1.807, 2.05) is 0 Å². The largest absolute Gasteiger partial charge is 0.459 e. The Morgan fingerprint density at radius 1 is 1.25 bits per heavy atom. The van der Waals surface area contributed by atoms with Crippen LogP contribution in [0.1, 0.15) is 56.2 Å². The summed E-state index contributed by atoms with van der Waals surface area (Å²) >= 11 is 0. The van der Waals surface area contributed by atoms with E-state index in [1.165, 1.54) is 0 Å². The highest BCUT2D eigenvalue weighted by Crippen LogP contribution is 2.32. The van der Waals surface area contributed by atoms with Gasteiger partial charge in [0, 0.05) is 5.92 Å². The number of furan rings is 1. The lowest BCUT2D eigenvalue weighted by molar-refractivity contribution is 0.195. The number of likely N-dealkylation sites (tertiary alicyclic amines) is 1. The van der Waals surface area contributed by atoms with Crippen molar-refractivity contribution < 1.29 is 13.5 Å². The molecular weight excluding hydrogens is 310 g/mol. The van der Waals surface area contributed by atoms with Crippen molar-refractivity contribution in [2.45, 2.75) is 45.2 Å². The van der Waals surface area contributed by atoms with Crippen LogP contribution in [0.3, 0.4) is 0 Å². The predicted molar refractivity (Wildman–Crippen MR) is 82.8 cm³/mol. The summed E-state index contributed by atoms with van der Waals surface area (Å²) in [4.78, 5) is 11.2. The van der Waals surface area contributed by atoms with Crippen molar-refractivity contribution in [1.82, 2.24) is 25.2 Å². The molecule has 0 aromatic carbocycles. The Morgan fingerprint density at radius 2 is 2.17 bits per heavy atom. The average molecular weight is 329 g/mol. The zero-order valence-electron chi connectivity index (χ0n) is 13.7. The normalized spacial score (nSPS) is 18.7. The van der Waals surface area contributed by atoms with E-state index in [-0.39, 0.29) is 12.0 Å². The molecule has 0 N–H and O–H groups in total. The molecule has 0 bridgehead atoms. The predicted octanol–water partition coefficient (Wildman–Crippen LogP) is 3.17. The molecule has 3 aromatic rings. The summed E-state index contributed by atoms with van der Waals surface area (Å²) in [7, 11) is 0. The lowest BCUT2D eigenvalue weighted by Crippen LogP contribution is -2.23. The molecule has 3 aromatic heterocycles. The first-order valence-electron chi connectivity index (χ1n) is 8.14. The molecule has 0 aliphatic carbocycles. The van der Waals surface area contributed by atoms with Crippen LogP contribution in [-0.4, -0.2) is 31.7 Å². The maximum absolute atomic E-state index is 5.46. The minimum atomic E-state index is 0.107. The zero-order chi connectivity index (χ0) is 16.5. The first kappa shape index (κ1) is 15.1. The van der Waals surface area contributed by atoms with E-state index in [9.17, 15) is 0 Å². The van der Waals surface area contributed by atoms with E-state index in [2.05, 4.69) is 39.0 Å². The molecule has 126 valence electrons. The van der Waals surface area contributed by atoms with Crippen LogP contribution in [0.4, 0.5) is 0 Å². The molecule has 0 amide bonds.